The maximum absolute atomic E-state index is 12.4. The normalized spacial score (nSPS) is 16.6. The van der Waals surface area contributed by atoms with Crippen LogP contribution in [0.5, 0.6) is 0 Å². The number of aryl methyl sites for hydroxylation is 1. The minimum absolute atomic E-state index is 0.0113. The molecule has 0 aliphatic carbocycles. The van der Waals surface area contributed by atoms with Gasteiger partial charge in [-0.15, -0.1) is 0 Å². The summed E-state index contributed by atoms with van der Waals surface area (Å²) in [6, 6.07) is 6.44. The van der Waals surface area contributed by atoms with Crippen LogP contribution < -0.4 is 11.1 Å². The number of fused-ring (bicyclic) bond motifs is 1. The first-order valence-corrected chi connectivity index (χ1v) is 8.27. The molecule has 0 unspecified atom stereocenters. The zero-order valence-electron chi connectivity index (χ0n) is 14.0. The van der Waals surface area contributed by atoms with Crippen LogP contribution in [0.25, 0.3) is 10.8 Å². The summed E-state index contributed by atoms with van der Waals surface area (Å²) >= 11 is 0. The monoisotopic (exact) mass is 361 g/mol. The van der Waals surface area contributed by atoms with Gasteiger partial charge in [0.25, 0.3) is 11.1 Å². The van der Waals surface area contributed by atoms with Crippen LogP contribution in [0.2, 0.25) is 0 Å². The van der Waals surface area contributed by atoms with Crippen molar-refractivity contribution in [2.75, 3.05) is 13.1 Å². The predicted molar refractivity (Wildman–Crippen MR) is 91.8 cm³/mol. The Morgan fingerprint density at radius 1 is 1.12 bits per heavy atom. The number of carboxylic acid groups (broad SMARTS) is 1. The van der Waals surface area contributed by atoms with Gasteiger partial charge in [0.15, 0.2) is 5.60 Å². The number of nitrogens with zero attached hydrogens (tertiary/aromatic N) is 2. The Morgan fingerprint density at radius 2 is 1.73 bits per heavy atom. The zero-order chi connectivity index (χ0) is 18.9. The molecule has 2 aromatic rings. The third kappa shape index (κ3) is 3.25. The van der Waals surface area contributed by atoms with Crippen molar-refractivity contribution in [1.82, 2.24) is 14.7 Å². The van der Waals surface area contributed by atoms with Crippen LogP contribution >= 0.6 is 0 Å². The lowest BCUT2D eigenvalue weighted by molar-refractivity contribution is -0.165. The van der Waals surface area contributed by atoms with E-state index in [1.165, 1.54) is 4.90 Å². The summed E-state index contributed by atoms with van der Waals surface area (Å²) in [6.07, 6.45) is -0.0959. The van der Waals surface area contributed by atoms with Crippen LogP contribution in [0.3, 0.4) is 0 Å². The van der Waals surface area contributed by atoms with Crippen LogP contribution in [0.1, 0.15) is 19.3 Å². The number of aliphatic carboxylic acids is 1. The lowest BCUT2D eigenvalue weighted by Crippen LogP contribution is -2.51. The number of benzene rings is 1. The molecule has 1 amide bonds. The highest BCUT2D eigenvalue weighted by Crippen LogP contribution is 2.22. The first-order valence-electron chi connectivity index (χ1n) is 8.27. The molecule has 1 aliphatic rings. The Hall–Kier alpha value is -2.94. The highest BCUT2D eigenvalue weighted by molar-refractivity contribution is 5.81. The molecule has 0 radical (unpaired) electrons. The molecule has 1 saturated heterocycles. The number of piperidine rings is 1. The summed E-state index contributed by atoms with van der Waals surface area (Å²) in [5.41, 5.74) is -2.58. The molecule has 9 nitrogen and oxygen atoms in total. The highest BCUT2D eigenvalue weighted by atomic mass is 16.4. The fourth-order valence-electron chi connectivity index (χ4n) is 3.11. The van der Waals surface area contributed by atoms with Crippen molar-refractivity contribution in [2.45, 2.75) is 31.4 Å². The summed E-state index contributed by atoms with van der Waals surface area (Å²) in [5, 5.41) is 21.9. The lowest BCUT2D eigenvalue weighted by atomic mass is 9.91. The van der Waals surface area contributed by atoms with Crippen molar-refractivity contribution in [3.63, 3.8) is 0 Å². The first kappa shape index (κ1) is 17.9. The number of H-pyrrole nitrogens is 1. The standard InChI is InChI=1S/C17H19N3O6/c21-13(19-9-6-17(26,7-10-19)16(24)25)5-8-20-15(23)12-4-2-1-3-11(12)14(22)18-20/h1-4,26H,5-10H2,(H,18,22)(H,24,25). The summed E-state index contributed by atoms with van der Waals surface area (Å²) in [6.45, 7) is 0.271. The van der Waals surface area contributed by atoms with E-state index in [2.05, 4.69) is 5.10 Å². The number of aliphatic hydroxyl groups is 1. The van der Waals surface area contributed by atoms with Crippen molar-refractivity contribution >= 4 is 22.6 Å². The number of nitrogens with one attached hydrogen (secondary N) is 1. The molecule has 2 heterocycles. The fourth-order valence-corrected chi connectivity index (χ4v) is 3.11. The van der Waals surface area contributed by atoms with E-state index >= 15 is 0 Å². The topological polar surface area (TPSA) is 133 Å². The maximum atomic E-state index is 12.4. The van der Waals surface area contributed by atoms with Crippen molar-refractivity contribution in [3.8, 4) is 0 Å². The molecule has 1 aromatic heterocycles. The Bertz CT molecular complexity index is 968. The molecule has 0 saturated carbocycles. The van der Waals surface area contributed by atoms with Crippen LogP contribution in [0.15, 0.2) is 33.9 Å². The smallest absolute Gasteiger partial charge is 0.335 e. The number of aromatic nitrogens is 2. The zero-order valence-corrected chi connectivity index (χ0v) is 14.0. The molecule has 0 spiro atoms. The highest BCUT2D eigenvalue weighted by Gasteiger charge is 2.40. The van der Waals surface area contributed by atoms with Gasteiger partial charge in [0, 0.05) is 32.4 Å². The van der Waals surface area contributed by atoms with Crippen LogP contribution in [-0.2, 0) is 16.1 Å². The second-order valence-corrected chi connectivity index (χ2v) is 6.41. The van der Waals surface area contributed by atoms with Crippen molar-refractivity contribution in [2.24, 2.45) is 0 Å². The maximum Gasteiger partial charge on any atom is 0.335 e. The SMILES string of the molecule is O=C(CCn1[nH]c(=O)c2ccccc2c1=O)N1CCC(O)(C(=O)O)CC1. The Kier molecular flexibility index (Phi) is 4.64. The lowest BCUT2D eigenvalue weighted by Gasteiger charge is -2.35. The third-order valence-corrected chi connectivity index (χ3v) is 4.77. The second-order valence-electron chi connectivity index (χ2n) is 6.41. The number of carboxylic acids is 1. The number of rotatable bonds is 4. The van der Waals surface area contributed by atoms with E-state index in [1.54, 1.807) is 24.3 Å². The number of hydrogen-bond acceptors (Lipinski definition) is 5. The average Bonchev–Trinajstić information content (AvgIpc) is 2.64. The van der Waals surface area contributed by atoms with Crippen molar-refractivity contribution < 1.29 is 19.8 Å². The molecule has 9 heteroatoms. The number of carbonyl (C=O) groups excluding carboxylic acids is 1. The molecule has 0 bridgehead atoms. The molecule has 138 valence electrons. The quantitative estimate of drug-likeness (QED) is 0.674. The van der Waals surface area contributed by atoms with Gasteiger partial charge < -0.3 is 15.1 Å². The van der Waals surface area contributed by atoms with Gasteiger partial charge in [0.05, 0.1) is 17.3 Å². The molecule has 1 aliphatic heterocycles. The second kappa shape index (κ2) is 6.75. The van der Waals surface area contributed by atoms with E-state index in [9.17, 15) is 24.3 Å². The summed E-state index contributed by atoms with van der Waals surface area (Å²) in [4.78, 5) is 49.2. The number of amides is 1. The number of hydrogen-bond donors (Lipinski definition) is 3. The number of aromatic amines is 1. The summed E-state index contributed by atoms with van der Waals surface area (Å²) < 4.78 is 1.11. The van der Waals surface area contributed by atoms with Gasteiger partial charge in [-0.3, -0.25) is 19.5 Å². The largest absolute Gasteiger partial charge is 0.479 e. The minimum Gasteiger partial charge on any atom is -0.479 e. The van der Waals surface area contributed by atoms with Crippen molar-refractivity contribution in [3.05, 3.63) is 45.0 Å². The van der Waals surface area contributed by atoms with Gasteiger partial charge in [0.2, 0.25) is 5.91 Å². The average molecular weight is 361 g/mol. The van der Waals surface area contributed by atoms with Gasteiger partial charge in [-0.2, -0.15) is 0 Å². The first-order chi connectivity index (χ1) is 12.3. The molecular formula is C17H19N3O6. The molecule has 3 rings (SSSR count). The van der Waals surface area contributed by atoms with Gasteiger partial charge in [-0.05, 0) is 12.1 Å². The van der Waals surface area contributed by atoms with Crippen LogP contribution in [0, 0.1) is 0 Å². The van der Waals surface area contributed by atoms with Gasteiger partial charge in [-0.1, -0.05) is 12.1 Å². The Morgan fingerprint density at radius 3 is 2.35 bits per heavy atom. The summed E-state index contributed by atoms with van der Waals surface area (Å²) in [7, 11) is 0. The van der Waals surface area contributed by atoms with Gasteiger partial charge in [-0.25, -0.2) is 9.48 Å². The number of likely N-dealkylation sites (tertiary alicyclic amines) is 1. The molecule has 1 aromatic carbocycles. The van der Waals surface area contributed by atoms with E-state index in [4.69, 9.17) is 5.11 Å². The van der Waals surface area contributed by atoms with Crippen LogP contribution in [-0.4, -0.2) is 55.5 Å². The van der Waals surface area contributed by atoms with E-state index < -0.39 is 17.1 Å². The van der Waals surface area contributed by atoms with E-state index in [-0.39, 0.29) is 55.7 Å². The minimum atomic E-state index is -1.79. The molecule has 0 atom stereocenters. The molecule has 1 fully saturated rings. The van der Waals surface area contributed by atoms with E-state index in [0.29, 0.717) is 5.39 Å². The predicted octanol–water partition coefficient (Wildman–Crippen LogP) is -0.482. The van der Waals surface area contributed by atoms with Gasteiger partial charge in [0.1, 0.15) is 0 Å². The van der Waals surface area contributed by atoms with Crippen LogP contribution in [0.4, 0.5) is 0 Å². The number of carbonyl (C=O) groups is 2. The fraction of sp³-hybridized carbons (Fsp3) is 0.412. The van der Waals surface area contributed by atoms with Crippen molar-refractivity contribution in [1.29, 1.82) is 0 Å². The molecule has 26 heavy (non-hydrogen) atoms. The van der Waals surface area contributed by atoms with E-state index in [1.807, 2.05) is 0 Å². The third-order valence-electron chi connectivity index (χ3n) is 4.77. The molecule has 3 N–H and O–H groups in total. The Balaban J connectivity index is 1.68. The van der Waals surface area contributed by atoms with E-state index in [0.717, 1.165) is 4.68 Å². The van der Waals surface area contributed by atoms with Gasteiger partial charge >= 0.3 is 5.97 Å². The summed E-state index contributed by atoms with van der Waals surface area (Å²) in [5.74, 6) is -1.55. The molecular weight excluding hydrogens is 342 g/mol. The Labute approximate surface area is 147 Å².